The summed E-state index contributed by atoms with van der Waals surface area (Å²) < 4.78 is 5.34. The number of anilines is 1. The molecular formula is C13H19N3O. The molecule has 0 aliphatic rings. The van der Waals surface area contributed by atoms with E-state index >= 15 is 0 Å². The van der Waals surface area contributed by atoms with Crippen molar-refractivity contribution in [2.75, 3.05) is 18.5 Å². The predicted molar refractivity (Wildman–Crippen MR) is 69.1 cm³/mol. The van der Waals surface area contributed by atoms with Crippen molar-refractivity contribution < 1.29 is 4.74 Å². The van der Waals surface area contributed by atoms with Gasteiger partial charge in [-0.3, -0.25) is 0 Å². The van der Waals surface area contributed by atoms with Crippen LogP contribution in [0.4, 0.5) is 5.82 Å². The highest BCUT2D eigenvalue weighted by molar-refractivity contribution is 5.38. The van der Waals surface area contributed by atoms with E-state index in [0.29, 0.717) is 5.88 Å². The molecule has 0 aromatic carbocycles. The molecule has 0 spiro atoms. The van der Waals surface area contributed by atoms with Gasteiger partial charge in [-0.05, 0) is 12.8 Å². The maximum absolute atomic E-state index is 5.34. The molecule has 0 atom stereocenters. The Balaban J connectivity index is 2.80. The molecule has 0 bridgehead atoms. The van der Waals surface area contributed by atoms with E-state index in [2.05, 4.69) is 35.1 Å². The first-order valence-electron chi connectivity index (χ1n) is 5.98. The summed E-state index contributed by atoms with van der Waals surface area (Å²) in [7, 11) is 0. The molecule has 4 heteroatoms. The average Bonchev–Trinajstić information content (AvgIpc) is 2.34. The number of aryl methyl sites for hydroxylation is 1. The number of ether oxygens (including phenoxy) is 1. The Morgan fingerprint density at radius 3 is 2.82 bits per heavy atom. The first-order valence-corrected chi connectivity index (χ1v) is 5.98. The minimum absolute atomic E-state index is 0.232. The van der Waals surface area contributed by atoms with Gasteiger partial charge >= 0.3 is 0 Å². The summed E-state index contributed by atoms with van der Waals surface area (Å²) in [6.07, 6.45) is 8.05. The molecule has 0 amide bonds. The molecule has 0 saturated heterocycles. The highest BCUT2D eigenvalue weighted by Gasteiger charge is 2.04. The summed E-state index contributed by atoms with van der Waals surface area (Å²) in [5, 5.41) is 3.23. The van der Waals surface area contributed by atoms with Crippen LogP contribution in [0.2, 0.25) is 0 Å². The molecule has 0 fully saturated rings. The molecule has 1 aromatic rings. The van der Waals surface area contributed by atoms with Crippen molar-refractivity contribution in [3.63, 3.8) is 0 Å². The van der Waals surface area contributed by atoms with Crippen LogP contribution in [-0.4, -0.2) is 23.1 Å². The Labute approximate surface area is 103 Å². The standard InChI is InChI=1S/C13H19N3O/c1-4-7-11-15-12(14-8-5-2)10-13(16-11)17-9-6-3/h3,10H,4-5,7-9H2,1-2H3,(H,14,15,16). The molecule has 17 heavy (non-hydrogen) atoms. The van der Waals surface area contributed by atoms with Crippen LogP contribution in [0.15, 0.2) is 6.07 Å². The Morgan fingerprint density at radius 2 is 2.18 bits per heavy atom. The maximum atomic E-state index is 5.34. The minimum atomic E-state index is 0.232. The van der Waals surface area contributed by atoms with Crippen LogP contribution in [0.5, 0.6) is 5.88 Å². The lowest BCUT2D eigenvalue weighted by atomic mass is 10.3. The summed E-state index contributed by atoms with van der Waals surface area (Å²) >= 11 is 0. The van der Waals surface area contributed by atoms with Gasteiger partial charge in [-0.1, -0.05) is 19.8 Å². The lowest BCUT2D eigenvalue weighted by molar-refractivity contribution is 0.353. The summed E-state index contributed by atoms with van der Waals surface area (Å²) in [4.78, 5) is 8.71. The molecule has 1 aromatic heterocycles. The molecule has 92 valence electrons. The largest absolute Gasteiger partial charge is 0.464 e. The normalized spacial score (nSPS) is 9.71. The number of nitrogens with zero attached hydrogens (tertiary/aromatic N) is 2. The third kappa shape index (κ3) is 4.73. The van der Waals surface area contributed by atoms with Gasteiger partial charge in [-0.15, -0.1) is 6.42 Å². The van der Waals surface area contributed by atoms with Crippen molar-refractivity contribution in [3.05, 3.63) is 11.9 Å². The van der Waals surface area contributed by atoms with Gasteiger partial charge in [0, 0.05) is 19.0 Å². The Hall–Kier alpha value is -1.76. The molecule has 1 N–H and O–H groups in total. The van der Waals surface area contributed by atoms with Gasteiger partial charge in [0.15, 0.2) is 6.61 Å². The second kappa shape index (κ2) is 7.50. The molecule has 4 nitrogen and oxygen atoms in total. The van der Waals surface area contributed by atoms with E-state index < -0.39 is 0 Å². The zero-order valence-electron chi connectivity index (χ0n) is 10.5. The second-order valence-corrected chi connectivity index (χ2v) is 3.68. The topological polar surface area (TPSA) is 47.0 Å². The molecule has 0 radical (unpaired) electrons. The maximum Gasteiger partial charge on any atom is 0.219 e. The van der Waals surface area contributed by atoms with E-state index in [-0.39, 0.29) is 6.61 Å². The highest BCUT2D eigenvalue weighted by Crippen LogP contribution is 2.14. The first-order chi connectivity index (χ1) is 8.30. The van der Waals surface area contributed by atoms with Gasteiger partial charge in [0.2, 0.25) is 5.88 Å². The van der Waals surface area contributed by atoms with Crippen molar-refractivity contribution in [2.45, 2.75) is 33.1 Å². The number of nitrogens with one attached hydrogen (secondary N) is 1. The minimum Gasteiger partial charge on any atom is -0.464 e. The van der Waals surface area contributed by atoms with E-state index in [4.69, 9.17) is 11.2 Å². The Morgan fingerprint density at radius 1 is 1.35 bits per heavy atom. The third-order valence-electron chi connectivity index (χ3n) is 2.08. The molecule has 0 aliphatic heterocycles. The van der Waals surface area contributed by atoms with Crippen molar-refractivity contribution in [1.82, 2.24) is 9.97 Å². The lowest BCUT2D eigenvalue weighted by Gasteiger charge is -2.08. The average molecular weight is 233 g/mol. The fraction of sp³-hybridized carbons (Fsp3) is 0.538. The lowest BCUT2D eigenvalue weighted by Crippen LogP contribution is -2.07. The van der Waals surface area contributed by atoms with Crippen molar-refractivity contribution >= 4 is 5.82 Å². The van der Waals surface area contributed by atoms with E-state index in [9.17, 15) is 0 Å². The third-order valence-corrected chi connectivity index (χ3v) is 2.08. The fourth-order valence-corrected chi connectivity index (χ4v) is 1.34. The van der Waals surface area contributed by atoms with Gasteiger partial charge in [0.05, 0.1) is 0 Å². The molecule has 1 rings (SSSR count). The number of rotatable bonds is 7. The van der Waals surface area contributed by atoms with Gasteiger partial charge in [-0.25, -0.2) is 4.98 Å². The second-order valence-electron chi connectivity index (χ2n) is 3.68. The number of hydrogen-bond donors (Lipinski definition) is 1. The van der Waals surface area contributed by atoms with Crippen LogP contribution >= 0.6 is 0 Å². The summed E-state index contributed by atoms with van der Waals surface area (Å²) in [6, 6.07) is 1.78. The molecule has 0 saturated carbocycles. The van der Waals surface area contributed by atoms with E-state index in [1.807, 2.05) is 0 Å². The Kier molecular flexibility index (Phi) is 5.87. The number of terminal acetylenes is 1. The zero-order chi connectivity index (χ0) is 12.5. The monoisotopic (exact) mass is 233 g/mol. The number of hydrogen-bond acceptors (Lipinski definition) is 4. The quantitative estimate of drug-likeness (QED) is 0.734. The van der Waals surface area contributed by atoms with Gasteiger partial charge in [-0.2, -0.15) is 4.98 Å². The van der Waals surface area contributed by atoms with Crippen LogP contribution in [0.1, 0.15) is 32.5 Å². The van der Waals surface area contributed by atoms with Crippen LogP contribution in [-0.2, 0) is 6.42 Å². The molecular weight excluding hydrogens is 214 g/mol. The Bertz CT molecular complexity index is 385. The van der Waals surface area contributed by atoms with E-state index in [0.717, 1.165) is 37.4 Å². The summed E-state index contributed by atoms with van der Waals surface area (Å²) in [5.74, 6) is 4.56. The molecule has 1 heterocycles. The smallest absolute Gasteiger partial charge is 0.219 e. The van der Waals surface area contributed by atoms with E-state index in [1.54, 1.807) is 6.07 Å². The van der Waals surface area contributed by atoms with Crippen LogP contribution in [0, 0.1) is 12.3 Å². The highest BCUT2D eigenvalue weighted by atomic mass is 16.5. The molecule has 0 aliphatic carbocycles. The summed E-state index contributed by atoms with van der Waals surface area (Å²) in [5.41, 5.74) is 0. The summed E-state index contributed by atoms with van der Waals surface area (Å²) in [6.45, 7) is 5.32. The van der Waals surface area contributed by atoms with Crippen molar-refractivity contribution in [1.29, 1.82) is 0 Å². The van der Waals surface area contributed by atoms with Crippen LogP contribution in [0.3, 0.4) is 0 Å². The first kappa shape index (κ1) is 13.3. The molecule has 0 unspecified atom stereocenters. The van der Waals surface area contributed by atoms with Crippen molar-refractivity contribution in [2.24, 2.45) is 0 Å². The van der Waals surface area contributed by atoms with E-state index in [1.165, 1.54) is 0 Å². The van der Waals surface area contributed by atoms with Crippen LogP contribution < -0.4 is 10.1 Å². The van der Waals surface area contributed by atoms with Crippen LogP contribution in [0.25, 0.3) is 0 Å². The zero-order valence-corrected chi connectivity index (χ0v) is 10.5. The van der Waals surface area contributed by atoms with Crippen molar-refractivity contribution in [3.8, 4) is 18.2 Å². The fourth-order valence-electron chi connectivity index (χ4n) is 1.34. The van der Waals surface area contributed by atoms with Gasteiger partial charge < -0.3 is 10.1 Å². The van der Waals surface area contributed by atoms with Gasteiger partial charge in [0.25, 0.3) is 0 Å². The predicted octanol–water partition coefficient (Wildman–Crippen LogP) is 2.26. The van der Waals surface area contributed by atoms with Gasteiger partial charge in [0.1, 0.15) is 11.6 Å². The SMILES string of the molecule is C#CCOc1cc(NCCC)nc(CCC)n1. The number of aromatic nitrogens is 2.